The summed E-state index contributed by atoms with van der Waals surface area (Å²) in [5.74, 6) is 5.97. The smallest absolute Gasteiger partial charge is 0.0543 e. The third-order valence-electron chi connectivity index (χ3n) is 10.4. The van der Waals surface area contributed by atoms with E-state index in [4.69, 9.17) is 0 Å². The summed E-state index contributed by atoms with van der Waals surface area (Å²) in [4.78, 5) is 2.75. The molecule has 0 aromatic rings. The van der Waals surface area contributed by atoms with Crippen LogP contribution in [0.2, 0.25) is 0 Å². The topological polar surface area (TPSA) is 23.5 Å². The van der Waals surface area contributed by atoms with Gasteiger partial charge in [0.05, 0.1) is 6.10 Å². The van der Waals surface area contributed by atoms with Crippen molar-refractivity contribution in [3.63, 3.8) is 0 Å². The van der Waals surface area contributed by atoms with Crippen LogP contribution < -0.4 is 0 Å². The van der Waals surface area contributed by atoms with Gasteiger partial charge in [-0.15, -0.1) is 0 Å². The highest BCUT2D eigenvalue weighted by molar-refractivity contribution is 7.99. The van der Waals surface area contributed by atoms with E-state index in [1.165, 1.54) is 76.1 Å². The van der Waals surface area contributed by atoms with Gasteiger partial charge in [-0.05, 0) is 92.3 Å². The second-order valence-corrected chi connectivity index (χ2v) is 12.9. The molecule has 1 aliphatic heterocycles. The number of thioether (sulfide) groups is 1. The van der Waals surface area contributed by atoms with Gasteiger partial charge in [-0.3, -0.25) is 0 Å². The Hall–Kier alpha value is 0.01000. The number of fused-ring (bicyclic) bond motifs is 4. The van der Waals surface area contributed by atoms with E-state index < -0.39 is 0 Å². The first-order valence-corrected chi connectivity index (χ1v) is 13.8. The summed E-state index contributed by atoms with van der Waals surface area (Å²) in [5.41, 5.74) is 4.78. The van der Waals surface area contributed by atoms with Crippen molar-refractivity contribution in [1.82, 2.24) is 4.90 Å². The summed E-state index contributed by atoms with van der Waals surface area (Å²) in [5, 5.41) is 10.3. The minimum absolute atomic E-state index is 0.0268. The molecule has 1 saturated heterocycles. The molecule has 4 aliphatic carbocycles. The molecule has 2 nitrogen and oxygen atoms in total. The summed E-state index contributed by atoms with van der Waals surface area (Å²) in [7, 11) is 0. The summed E-state index contributed by atoms with van der Waals surface area (Å²) < 4.78 is 0. The maximum atomic E-state index is 10.3. The van der Waals surface area contributed by atoms with Crippen LogP contribution >= 0.6 is 11.8 Å². The fraction of sp³-hybridized carbons (Fsp3) is 0.923. The normalized spacial score (nSPS) is 46.8. The van der Waals surface area contributed by atoms with E-state index in [1.807, 2.05) is 11.1 Å². The molecule has 0 aromatic carbocycles. The standard InChI is InChI=1S/C26H43NOS/c1-18(17-27-12-14-29-15-13-27)22-6-7-23-21-5-4-19-16-20(28)8-10-25(19,2)24(21)9-11-26(22,23)3/h18-20,22,24,28H,4-17H2,1-3H3/t18-,19+,20+,22-,24?,25+,26-/m1/s1. The first-order chi connectivity index (χ1) is 13.9. The molecule has 1 unspecified atom stereocenters. The monoisotopic (exact) mass is 417 g/mol. The summed E-state index contributed by atoms with van der Waals surface area (Å²) in [6, 6.07) is 0. The number of aliphatic hydroxyl groups excluding tert-OH is 1. The van der Waals surface area contributed by atoms with E-state index in [0.29, 0.717) is 10.8 Å². The van der Waals surface area contributed by atoms with Crippen LogP contribution in [-0.4, -0.2) is 47.3 Å². The van der Waals surface area contributed by atoms with Crippen LogP contribution in [0.5, 0.6) is 0 Å². The van der Waals surface area contributed by atoms with Gasteiger partial charge in [-0.2, -0.15) is 11.8 Å². The molecule has 164 valence electrons. The molecule has 1 N–H and O–H groups in total. The summed E-state index contributed by atoms with van der Waals surface area (Å²) in [6.45, 7) is 11.8. The Kier molecular flexibility index (Phi) is 5.66. The fourth-order valence-corrected chi connectivity index (χ4v) is 9.72. The average molecular weight is 418 g/mol. The Bertz CT molecular complexity index is 655. The molecule has 0 aromatic heterocycles. The lowest BCUT2D eigenvalue weighted by molar-refractivity contribution is -0.0383. The number of allylic oxidation sites excluding steroid dienone is 2. The van der Waals surface area contributed by atoms with Gasteiger partial charge in [0.15, 0.2) is 0 Å². The summed E-state index contributed by atoms with van der Waals surface area (Å²) >= 11 is 2.13. The van der Waals surface area contributed by atoms with E-state index in [9.17, 15) is 5.11 Å². The van der Waals surface area contributed by atoms with Crippen molar-refractivity contribution in [2.75, 3.05) is 31.1 Å². The third-order valence-corrected chi connectivity index (χ3v) is 11.3. The minimum atomic E-state index is -0.0268. The van der Waals surface area contributed by atoms with Crippen LogP contribution in [0.3, 0.4) is 0 Å². The molecular weight excluding hydrogens is 374 g/mol. The highest BCUT2D eigenvalue weighted by Crippen LogP contribution is 2.65. The zero-order valence-electron chi connectivity index (χ0n) is 19.1. The van der Waals surface area contributed by atoms with Crippen LogP contribution in [0.1, 0.15) is 78.6 Å². The number of aliphatic hydroxyl groups is 1. The van der Waals surface area contributed by atoms with Crippen LogP contribution in [0, 0.1) is 34.5 Å². The van der Waals surface area contributed by atoms with Crippen LogP contribution in [0.15, 0.2) is 11.1 Å². The zero-order chi connectivity index (χ0) is 20.2. The van der Waals surface area contributed by atoms with Crippen molar-refractivity contribution < 1.29 is 5.11 Å². The van der Waals surface area contributed by atoms with E-state index in [2.05, 4.69) is 37.4 Å². The highest BCUT2D eigenvalue weighted by Gasteiger charge is 2.55. The highest BCUT2D eigenvalue weighted by atomic mass is 32.2. The van der Waals surface area contributed by atoms with Crippen LogP contribution in [0.25, 0.3) is 0 Å². The van der Waals surface area contributed by atoms with Gasteiger partial charge in [0, 0.05) is 31.1 Å². The Labute approximate surface area is 183 Å². The lowest BCUT2D eigenvalue weighted by Gasteiger charge is -2.56. The third kappa shape index (κ3) is 3.46. The van der Waals surface area contributed by atoms with Crippen molar-refractivity contribution in [1.29, 1.82) is 0 Å². The maximum Gasteiger partial charge on any atom is 0.0543 e. The average Bonchev–Trinajstić information content (AvgIpc) is 3.06. The molecule has 0 spiro atoms. The van der Waals surface area contributed by atoms with Crippen LogP contribution in [-0.2, 0) is 0 Å². The number of rotatable bonds is 3. The van der Waals surface area contributed by atoms with Crippen molar-refractivity contribution in [2.24, 2.45) is 34.5 Å². The molecule has 0 amide bonds. The van der Waals surface area contributed by atoms with E-state index in [-0.39, 0.29) is 6.10 Å². The van der Waals surface area contributed by atoms with Gasteiger partial charge in [-0.25, -0.2) is 0 Å². The Morgan fingerprint density at radius 3 is 2.66 bits per heavy atom. The van der Waals surface area contributed by atoms with Crippen molar-refractivity contribution >= 4 is 11.8 Å². The Morgan fingerprint density at radius 2 is 1.86 bits per heavy atom. The van der Waals surface area contributed by atoms with Gasteiger partial charge in [0.25, 0.3) is 0 Å². The molecule has 5 rings (SSSR count). The molecule has 5 aliphatic rings. The zero-order valence-corrected chi connectivity index (χ0v) is 19.9. The molecule has 29 heavy (non-hydrogen) atoms. The minimum Gasteiger partial charge on any atom is -0.393 e. The predicted octanol–water partition coefficient (Wildman–Crippen LogP) is 5.76. The SMILES string of the molecule is C[C@H](CN1CCSCC1)[C@H]1CCC2=C3CC[C@H]4C[C@@H](O)CC[C@]4(C)C3CC[C@@]21C. The fourth-order valence-electron chi connectivity index (χ4n) is 8.74. The van der Waals surface area contributed by atoms with Gasteiger partial charge >= 0.3 is 0 Å². The molecule has 3 heteroatoms. The van der Waals surface area contributed by atoms with Crippen molar-refractivity contribution in [2.45, 2.75) is 84.7 Å². The van der Waals surface area contributed by atoms with E-state index in [0.717, 1.165) is 36.5 Å². The largest absolute Gasteiger partial charge is 0.393 e. The second kappa shape index (κ2) is 7.85. The van der Waals surface area contributed by atoms with E-state index in [1.54, 1.807) is 0 Å². The molecule has 0 radical (unpaired) electrons. The van der Waals surface area contributed by atoms with Gasteiger partial charge in [-0.1, -0.05) is 31.9 Å². The van der Waals surface area contributed by atoms with Gasteiger partial charge in [0.2, 0.25) is 0 Å². The second-order valence-electron chi connectivity index (χ2n) is 11.7. The molecule has 1 heterocycles. The van der Waals surface area contributed by atoms with Gasteiger partial charge in [0.1, 0.15) is 0 Å². The number of hydrogen-bond donors (Lipinski definition) is 1. The molecule has 7 atom stereocenters. The lowest BCUT2D eigenvalue weighted by atomic mass is 9.49. The number of hydrogen-bond acceptors (Lipinski definition) is 3. The Morgan fingerprint density at radius 1 is 1.07 bits per heavy atom. The van der Waals surface area contributed by atoms with Crippen molar-refractivity contribution in [3.8, 4) is 0 Å². The molecular formula is C26H43NOS. The number of nitrogens with zero attached hydrogens (tertiary/aromatic N) is 1. The first-order valence-electron chi connectivity index (χ1n) is 12.6. The van der Waals surface area contributed by atoms with Gasteiger partial charge < -0.3 is 10.0 Å². The Balaban J connectivity index is 1.37. The maximum absolute atomic E-state index is 10.3. The van der Waals surface area contributed by atoms with Crippen molar-refractivity contribution in [3.05, 3.63) is 11.1 Å². The van der Waals surface area contributed by atoms with E-state index >= 15 is 0 Å². The predicted molar refractivity (Wildman–Crippen MR) is 124 cm³/mol. The first kappa shape index (κ1) is 20.9. The lowest BCUT2D eigenvalue weighted by Crippen LogP contribution is -2.48. The quantitative estimate of drug-likeness (QED) is 0.591. The van der Waals surface area contributed by atoms with Crippen LogP contribution in [0.4, 0.5) is 0 Å². The molecule has 4 fully saturated rings. The summed E-state index contributed by atoms with van der Waals surface area (Å²) in [6.07, 6.45) is 11.7. The molecule has 3 saturated carbocycles. The molecule has 0 bridgehead atoms.